The zero-order valence-corrected chi connectivity index (χ0v) is 22.2. The van der Waals surface area contributed by atoms with Gasteiger partial charge < -0.3 is 10.2 Å². The van der Waals surface area contributed by atoms with Crippen molar-refractivity contribution < 1.29 is 9.59 Å². The van der Waals surface area contributed by atoms with Crippen LogP contribution in [0.3, 0.4) is 0 Å². The number of carbonyl (C=O) groups excluding carboxylic acids is 2. The number of thioether (sulfide) groups is 1. The number of rotatable bonds is 11. The van der Waals surface area contributed by atoms with Crippen molar-refractivity contribution >= 4 is 51.1 Å². The smallest absolute Gasteiger partial charge is 0.243 e. The predicted octanol–water partition coefficient (Wildman–Crippen LogP) is 6.11. The molecule has 1 N–H and O–H groups in total. The molecule has 3 aromatic rings. The Hall–Kier alpha value is -2.28. The second kappa shape index (κ2) is 13.6. The van der Waals surface area contributed by atoms with Crippen molar-refractivity contribution in [3.8, 4) is 0 Å². The standard InChI is InChI=1S/C27H28BrClN2O2S/c1-2-30-27(33)25(16-20-8-4-3-5-9-20)31(17-22-10-6-7-11-24(22)29)26(32)19-34-18-21-12-14-23(28)15-13-21/h3-15,25H,2,16-19H2,1H3,(H,30,33)/t25-/m1/s1. The zero-order valence-electron chi connectivity index (χ0n) is 19.0. The van der Waals surface area contributed by atoms with Gasteiger partial charge in [-0.3, -0.25) is 9.59 Å². The summed E-state index contributed by atoms with van der Waals surface area (Å²) in [5, 5.41) is 3.49. The number of nitrogens with zero attached hydrogens (tertiary/aromatic N) is 1. The van der Waals surface area contributed by atoms with Crippen LogP contribution in [0.15, 0.2) is 83.3 Å². The fourth-order valence-corrected chi connectivity index (χ4v) is 4.91. The van der Waals surface area contributed by atoms with E-state index in [4.69, 9.17) is 11.6 Å². The topological polar surface area (TPSA) is 49.4 Å². The Labute approximate surface area is 219 Å². The van der Waals surface area contributed by atoms with Gasteiger partial charge in [-0.2, -0.15) is 0 Å². The van der Waals surface area contributed by atoms with Crippen LogP contribution in [-0.2, 0) is 28.3 Å². The van der Waals surface area contributed by atoms with E-state index in [-0.39, 0.29) is 24.1 Å². The molecule has 0 aromatic heterocycles. The van der Waals surface area contributed by atoms with Crippen LogP contribution >= 0.6 is 39.3 Å². The maximum Gasteiger partial charge on any atom is 0.243 e. The molecule has 0 heterocycles. The minimum Gasteiger partial charge on any atom is -0.355 e. The van der Waals surface area contributed by atoms with Gasteiger partial charge >= 0.3 is 0 Å². The van der Waals surface area contributed by atoms with E-state index in [1.54, 1.807) is 22.7 Å². The molecular formula is C27H28BrClN2O2S. The fraction of sp³-hybridized carbons (Fsp3) is 0.259. The lowest BCUT2D eigenvalue weighted by molar-refractivity contribution is -0.139. The van der Waals surface area contributed by atoms with E-state index in [9.17, 15) is 9.59 Å². The molecule has 4 nitrogen and oxygen atoms in total. The molecule has 0 spiro atoms. The van der Waals surface area contributed by atoms with Crippen molar-refractivity contribution in [2.45, 2.75) is 31.7 Å². The molecule has 0 fully saturated rings. The highest BCUT2D eigenvalue weighted by molar-refractivity contribution is 9.10. The molecule has 2 amide bonds. The quantitative estimate of drug-likeness (QED) is 0.308. The Morgan fingerprint density at radius 1 is 0.971 bits per heavy atom. The van der Waals surface area contributed by atoms with Crippen molar-refractivity contribution in [2.24, 2.45) is 0 Å². The number of halogens is 2. The second-order valence-corrected chi connectivity index (χ2v) is 10.1. The summed E-state index contributed by atoms with van der Waals surface area (Å²) in [4.78, 5) is 28.3. The Morgan fingerprint density at radius 3 is 2.32 bits per heavy atom. The van der Waals surface area contributed by atoms with E-state index in [0.717, 1.165) is 21.2 Å². The Bertz CT molecular complexity index is 1080. The molecule has 0 aliphatic rings. The van der Waals surface area contributed by atoms with Gasteiger partial charge in [0.2, 0.25) is 11.8 Å². The first-order chi connectivity index (χ1) is 16.5. The Balaban J connectivity index is 1.82. The third-order valence-corrected chi connectivity index (χ3v) is 7.21. The van der Waals surface area contributed by atoms with Crippen molar-refractivity contribution in [3.63, 3.8) is 0 Å². The highest BCUT2D eigenvalue weighted by Gasteiger charge is 2.30. The normalized spacial score (nSPS) is 11.6. The van der Waals surface area contributed by atoms with Gasteiger partial charge in [0.15, 0.2) is 0 Å². The van der Waals surface area contributed by atoms with Gasteiger partial charge in [-0.05, 0) is 41.8 Å². The summed E-state index contributed by atoms with van der Waals surface area (Å²) in [6.07, 6.45) is 0.431. The van der Waals surface area contributed by atoms with Crippen molar-refractivity contribution in [3.05, 3.63) is 105 Å². The first-order valence-corrected chi connectivity index (χ1v) is 13.5. The number of amides is 2. The monoisotopic (exact) mass is 558 g/mol. The Morgan fingerprint density at radius 2 is 1.65 bits per heavy atom. The van der Waals surface area contributed by atoms with Crippen LogP contribution in [0.5, 0.6) is 0 Å². The molecule has 0 saturated carbocycles. The third-order valence-electron chi connectivity index (χ3n) is 5.33. The van der Waals surface area contributed by atoms with Crippen LogP contribution in [0, 0.1) is 0 Å². The number of nitrogens with one attached hydrogen (secondary N) is 1. The average molecular weight is 560 g/mol. The molecule has 178 valence electrons. The molecule has 3 rings (SSSR count). The first-order valence-electron chi connectivity index (χ1n) is 11.1. The fourth-order valence-electron chi connectivity index (χ4n) is 3.58. The lowest BCUT2D eigenvalue weighted by Crippen LogP contribution is -2.51. The van der Waals surface area contributed by atoms with Gasteiger partial charge in [0.05, 0.1) is 5.75 Å². The number of hydrogen-bond donors (Lipinski definition) is 1. The van der Waals surface area contributed by atoms with Crippen LogP contribution < -0.4 is 5.32 Å². The molecule has 0 unspecified atom stereocenters. The lowest BCUT2D eigenvalue weighted by atomic mass is 10.0. The molecule has 1 atom stereocenters. The largest absolute Gasteiger partial charge is 0.355 e. The van der Waals surface area contributed by atoms with E-state index in [1.807, 2.05) is 79.7 Å². The summed E-state index contributed by atoms with van der Waals surface area (Å²) in [5.41, 5.74) is 2.96. The van der Waals surface area contributed by atoms with E-state index in [0.29, 0.717) is 23.7 Å². The van der Waals surface area contributed by atoms with Crippen LogP contribution in [0.4, 0.5) is 0 Å². The molecule has 7 heteroatoms. The number of benzene rings is 3. The second-order valence-electron chi connectivity index (χ2n) is 7.83. The maximum absolute atomic E-state index is 13.5. The molecule has 34 heavy (non-hydrogen) atoms. The van der Waals surface area contributed by atoms with Crippen LogP contribution in [0.2, 0.25) is 5.02 Å². The summed E-state index contributed by atoms with van der Waals surface area (Å²) in [6.45, 7) is 2.65. The number of likely N-dealkylation sites (N-methyl/N-ethyl adjacent to an activating group) is 1. The molecule has 0 aliphatic heterocycles. The minimum atomic E-state index is -0.639. The van der Waals surface area contributed by atoms with Gasteiger partial charge in [-0.25, -0.2) is 0 Å². The van der Waals surface area contributed by atoms with E-state index < -0.39 is 6.04 Å². The maximum atomic E-state index is 13.5. The number of hydrogen-bond acceptors (Lipinski definition) is 3. The summed E-state index contributed by atoms with van der Waals surface area (Å²) >= 11 is 11.4. The summed E-state index contributed by atoms with van der Waals surface area (Å²) in [6, 6.07) is 24.7. The predicted molar refractivity (Wildman–Crippen MR) is 145 cm³/mol. The molecule has 0 saturated heterocycles. The molecule has 0 bridgehead atoms. The van der Waals surface area contributed by atoms with Crippen LogP contribution in [0.25, 0.3) is 0 Å². The SMILES string of the molecule is CCNC(=O)[C@@H](Cc1ccccc1)N(Cc1ccccc1Cl)C(=O)CSCc1ccc(Br)cc1. The van der Waals surface area contributed by atoms with E-state index in [2.05, 4.69) is 21.2 Å². The highest BCUT2D eigenvalue weighted by atomic mass is 79.9. The summed E-state index contributed by atoms with van der Waals surface area (Å²) < 4.78 is 1.02. The highest BCUT2D eigenvalue weighted by Crippen LogP contribution is 2.22. The lowest BCUT2D eigenvalue weighted by Gasteiger charge is -2.31. The molecular weight excluding hydrogens is 532 g/mol. The summed E-state index contributed by atoms with van der Waals surface area (Å²) in [5.74, 6) is 0.730. The van der Waals surface area contributed by atoms with Gasteiger partial charge in [-0.1, -0.05) is 88.2 Å². The van der Waals surface area contributed by atoms with Gasteiger partial charge in [0.25, 0.3) is 0 Å². The third kappa shape index (κ3) is 7.90. The summed E-state index contributed by atoms with van der Waals surface area (Å²) in [7, 11) is 0. The first kappa shape index (κ1) is 26.3. The van der Waals surface area contributed by atoms with Crippen LogP contribution in [0.1, 0.15) is 23.6 Å². The van der Waals surface area contributed by atoms with E-state index >= 15 is 0 Å². The molecule has 0 radical (unpaired) electrons. The van der Waals surface area contributed by atoms with Crippen molar-refractivity contribution in [2.75, 3.05) is 12.3 Å². The molecule has 3 aromatic carbocycles. The minimum absolute atomic E-state index is 0.0887. The molecule has 0 aliphatic carbocycles. The average Bonchev–Trinajstić information content (AvgIpc) is 2.84. The van der Waals surface area contributed by atoms with Gasteiger partial charge in [0, 0.05) is 34.8 Å². The van der Waals surface area contributed by atoms with Crippen molar-refractivity contribution in [1.29, 1.82) is 0 Å². The van der Waals surface area contributed by atoms with Crippen molar-refractivity contribution in [1.82, 2.24) is 10.2 Å². The Kier molecular flexibility index (Phi) is 10.5. The van der Waals surface area contributed by atoms with Crippen LogP contribution in [-0.4, -0.2) is 35.1 Å². The van der Waals surface area contributed by atoms with Gasteiger partial charge in [0.1, 0.15) is 6.04 Å². The zero-order chi connectivity index (χ0) is 24.3. The van der Waals surface area contributed by atoms with E-state index in [1.165, 1.54) is 0 Å². The van der Waals surface area contributed by atoms with Gasteiger partial charge in [-0.15, -0.1) is 11.8 Å². The number of carbonyl (C=O) groups is 2.